The Morgan fingerprint density at radius 1 is 0.551 bits per heavy atom. The van der Waals surface area contributed by atoms with Gasteiger partial charge in [-0.25, -0.2) is 0 Å². The van der Waals surface area contributed by atoms with E-state index in [1.807, 2.05) is 21.1 Å². The number of carbonyl (C=O) groups excluding carboxylic acids is 2. The number of phosphoric ester groups is 1. The van der Waals surface area contributed by atoms with Gasteiger partial charge in [0.2, 0.25) is 0 Å². The molecule has 0 aliphatic rings. The third kappa shape index (κ3) is 36.6. The van der Waals surface area contributed by atoms with Crippen molar-refractivity contribution in [2.24, 2.45) is 0 Å². The fraction of sp³-hybridized carbons (Fsp3) is 0.949. The Hall–Kier alpha value is -0.990. The second-order valence-corrected chi connectivity index (χ2v) is 16.4. The molecular formula is C39H78NO8P. The van der Waals surface area contributed by atoms with E-state index in [4.69, 9.17) is 18.5 Å². The number of nitrogens with zero attached hydrogens (tertiary/aromatic N) is 1. The number of ether oxygens (including phenoxy) is 2. The van der Waals surface area contributed by atoms with Crippen molar-refractivity contribution in [3.05, 3.63) is 0 Å². The van der Waals surface area contributed by atoms with Crippen LogP contribution >= 0.6 is 7.82 Å². The van der Waals surface area contributed by atoms with Crippen molar-refractivity contribution in [3.8, 4) is 0 Å². The summed E-state index contributed by atoms with van der Waals surface area (Å²) in [5.41, 5.74) is 0. The molecule has 0 rings (SSSR count). The zero-order valence-corrected chi connectivity index (χ0v) is 33.6. The Balaban J connectivity index is 4.36. The molecule has 0 amide bonds. The average molecular weight is 720 g/mol. The van der Waals surface area contributed by atoms with Crippen LogP contribution in [0.1, 0.15) is 187 Å². The Labute approximate surface area is 302 Å². The maximum Gasteiger partial charge on any atom is 0.306 e. The zero-order chi connectivity index (χ0) is 36.5. The number of rotatable bonds is 37. The molecule has 2 atom stereocenters. The maximum atomic E-state index is 12.6. The lowest BCUT2D eigenvalue weighted by molar-refractivity contribution is -0.870. The van der Waals surface area contributed by atoms with Gasteiger partial charge >= 0.3 is 11.9 Å². The van der Waals surface area contributed by atoms with Crippen molar-refractivity contribution in [3.63, 3.8) is 0 Å². The number of hydrogen-bond acceptors (Lipinski definition) is 8. The van der Waals surface area contributed by atoms with Crippen LogP contribution in [0, 0.1) is 0 Å². The number of carbonyl (C=O) groups is 2. The van der Waals surface area contributed by atoms with Gasteiger partial charge in [-0.05, 0) is 12.8 Å². The first-order valence-electron chi connectivity index (χ1n) is 20.2. The molecule has 0 aromatic rings. The third-order valence-corrected chi connectivity index (χ3v) is 9.84. The summed E-state index contributed by atoms with van der Waals surface area (Å²) >= 11 is 0. The first-order chi connectivity index (χ1) is 23.5. The van der Waals surface area contributed by atoms with Crippen LogP contribution in [0.4, 0.5) is 0 Å². The molecule has 0 spiro atoms. The SMILES string of the molecule is CCCCCCCCCCCCCCCCCC(=O)OC(COC(=O)CCCCCCCCCCCC)COP(=O)([O-])OCC[N+](C)(C)C. The van der Waals surface area contributed by atoms with Gasteiger partial charge in [0.05, 0.1) is 27.7 Å². The van der Waals surface area contributed by atoms with Gasteiger partial charge in [0.15, 0.2) is 6.10 Å². The molecule has 292 valence electrons. The summed E-state index contributed by atoms with van der Waals surface area (Å²) < 4.78 is 33.8. The predicted octanol–water partition coefficient (Wildman–Crippen LogP) is 10.2. The molecule has 0 aromatic heterocycles. The number of quaternary nitrogens is 1. The van der Waals surface area contributed by atoms with Crippen LogP contribution < -0.4 is 4.89 Å². The minimum Gasteiger partial charge on any atom is -0.756 e. The highest BCUT2D eigenvalue weighted by Gasteiger charge is 2.21. The number of esters is 2. The minimum absolute atomic E-state index is 0.0260. The van der Waals surface area contributed by atoms with Gasteiger partial charge in [-0.2, -0.15) is 0 Å². The number of hydrogen-bond donors (Lipinski definition) is 0. The van der Waals surface area contributed by atoms with Gasteiger partial charge < -0.3 is 27.9 Å². The molecule has 2 unspecified atom stereocenters. The second kappa shape index (κ2) is 32.9. The minimum atomic E-state index is -4.61. The molecule has 10 heteroatoms. The Morgan fingerprint density at radius 3 is 1.31 bits per heavy atom. The van der Waals surface area contributed by atoms with Gasteiger partial charge in [0.1, 0.15) is 19.8 Å². The summed E-state index contributed by atoms with van der Waals surface area (Å²) in [6, 6.07) is 0. The maximum absolute atomic E-state index is 12.6. The Morgan fingerprint density at radius 2 is 0.918 bits per heavy atom. The summed E-state index contributed by atoms with van der Waals surface area (Å²) in [7, 11) is 1.18. The van der Waals surface area contributed by atoms with E-state index < -0.39 is 26.5 Å². The first-order valence-corrected chi connectivity index (χ1v) is 21.7. The van der Waals surface area contributed by atoms with Crippen LogP contribution in [0.3, 0.4) is 0 Å². The van der Waals surface area contributed by atoms with Crippen LogP contribution in [0.2, 0.25) is 0 Å². The van der Waals surface area contributed by atoms with E-state index in [-0.39, 0.29) is 32.0 Å². The molecule has 0 aromatic carbocycles. The number of phosphoric acid groups is 1. The van der Waals surface area contributed by atoms with E-state index in [1.54, 1.807) is 0 Å². The van der Waals surface area contributed by atoms with Crippen molar-refractivity contribution < 1.29 is 42.1 Å². The summed E-state index contributed by atoms with van der Waals surface area (Å²) in [5.74, 6) is -0.826. The third-order valence-electron chi connectivity index (χ3n) is 8.88. The monoisotopic (exact) mass is 720 g/mol. The quantitative estimate of drug-likeness (QED) is 0.0270. The highest BCUT2D eigenvalue weighted by atomic mass is 31.2. The zero-order valence-electron chi connectivity index (χ0n) is 32.7. The normalized spacial score (nSPS) is 13.7. The first kappa shape index (κ1) is 48.0. The van der Waals surface area contributed by atoms with Gasteiger partial charge in [-0.3, -0.25) is 14.2 Å². The van der Waals surface area contributed by atoms with Gasteiger partial charge in [0, 0.05) is 12.8 Å². The average Bonchev–Trinajstić information content (AvgIpc) is 3.04. The molecule has 49 heavy (non-hydrogen) atoms. The van der Waals surface area contributed by atoms with Crippen LogP contribution in [0.15, 0.2) is 0 Å². The lowest BCUT2D eigenvalue weighted by Crippen LogP contribution is -2.37. The van der Waals surface area contributed by atoms with E-state index >= 15 is 0 Å². The standard InChI is InChI=1S/C39H78NO8P/c1-6-8-10-12-14-16-18-19-20-21-22-24-26-28-30-32-39(42)48-37(36-47-49(43,44)46-34-33-40(3,4)5)35-45-38(41)31-29-27-25-23-17-15-13-11-9-7-2/h37H,6-36H2,1-5H3. The smallest absolute Gasteiger partial charge is 0.306 e. The molecule has 0 fully saturated rings. The molecule has 0 aliphatic heterocycles. The van der Waals surface area contributed by atoms with E-state index in [0.717, 1.165) is 32.1 Å². The fourth-order valence-corrected chi connectivity index (χ4v) is 6.38. The Kier molecular flexibility index (Phi) is 32.2. The molecule has 0 heterocycles. The lowest BCUT2D eigenvalue weighted by atomic mass is 10.0. The van der Waals surface area contributed by atoms with Crippen LogP contribution in [0.5, 0.6) is 0 Å². The van der Waals surface area contributed by atoms with E-state index in [1.165, 1.54) is 122 Å². The highest BCUT2D eigenvalue weighted by Crippen LogP contribution is 2.38. The van der Waals surface area contributed by atoms with Crippen molar-refractivity contribution in [2.45, 2.75) is 193 Å². The van der Waals surface area contributed by atoms with Crippen molar-refractivity contribution in [1.29, 1.82) is 0 Å². The molecule has 0 saturated heterocycles. The number of unbranched alkanes of at least 4 members (excludes halogenated alkanes) is 23. The second-order valence-electron chi connectivity index (χ2n) is 15.0. The molecule has 0 N–H and O–H groups in total. The molecule has 0 saturated carbocycles. The molecule has 9 nitrogen and oxygen atoms in total. The van der Waals surface area contributed by atoms with Gasteiger partial charge in [-0.15, -0.1) is 0 Å². The van der Waals surface area contributed by atoms with E-state index in [9.17, 15) is 19.0 Å². The topological polar surface area (TPSA) is 111 Å². The van der Waals surface area contributed by atoms with Crippen LogP contribution in [0.25, 0.3) is 0 Å². The summed E-state index contributed by atoms with van der Waals surface area (Å²) in [5, 5.41) is 0. The molecule has 0 radical (unpaired) electrons. The van der Waals surface area contributed by atoms with Gasteiger partial charge in [0.25, 0.3) is 7.82 Å². The predicted molar refractivity (Wildman–Crippen MR) is 199 cm³/mol. The molecule has 0 aliphatic carbocycles. The lowest BCUT2D eigenvalue weighted by Gasteiger charge is -2.28. The van der Waals surface area contributed by atoms with Crippen molar-refractivity contribution >= 4 is 19.8 Å². The highest BCUT2D eigenvalue weighted by molar-refractivity contribution is 7.45. The number of likely N-dealkylation sites (N-methyl/N-ethyl adjacent to an activating group) is 1. The van der Waals surface area contributed by atoms with Crippen molar-refractivity contribution in [2.75, 3.05) is 47.5 Å². The van der Waals surface area contributed by atoms with Crippen molar-refractivity contribution in [1.82, 2.24) is 0 Å². The molecular weight excluding hydrogens is 641 g/mol. The Bertz CT molecular complexity index is 819. The largest absolute Gasteiger partial charge is 0.756 e. The van der Waals surface area contributed by atoms with Crippen LogP contribution in [-0.4, -0.2) is 70.0 Å². The summed E-state index contributed by atoms with van der Waals surface area (Å²) in [6.45, 7) is 4.23. The fourth-order valence-electron chi connectivity index (χ4n) is 5.65. The summed E-state index contributed by atoms with van der Waals surface area (Å²) in [6.07, 6.45) is 29.8. The van der Waals surface area contributed by atoms with Gasteiger partial charge in [-0.1, -0.05) is 162 Å². The summed E-state index contributed by atoms with van der Waals surface area (Å²) in [4.78, 5) is 37.3. The molecule has 0 bridgehead atoms. The van der Waals surface area contributed by atoms with E-state index in [0.29, 0.717) is 17.4 Å². The van der Waals surface area contributed by atoms with Crippen LogP contribution in [-0.2, 0) is 32.7 Å². The van der Waals surface area contributed by atoms with E-state index in [2.05, 4.69) is 13.8 Å².